The second kappa shape index (κ2) is 5.73. The van der Waals surface area contributed by atoms with E-state index in [0.717, 1.165) is 19.3 Å². The average molecular weight is 355 g/mol. The molecule has 8 heteroatoms. The van der Waals surface area contributed by atoms with E-state index in [2.05, 4.69) is 25.6 Å². The molecular formula is C10H13BrClN3O2S. The Balaban J connectivity index is 2.18. The van der Waals surface area contributed by atoms with Crippen molar-refractivity contribution in [2.75, 3.05) is 17.8 Å². The van der Waals surface area contributed by atoms with E-state index < -0.39 is 10.2 Å². The standard InChI is InChI=1S/C10H13BrClN3O2S/c11-10-9(6-8(12)7-13-10)14-18(16,17)15-4-2-1-3-5-15/h6-7,14H,1-5H2. The van der Waals surface area contributed by atoms with Gasteiger partial charge < -0.3 is 0 Å². The molecule has 2 heterocycles. The van der Waals surface area contributed by atoms with Crippen LogP contribution in [-0.2, 0) is 10.2 Å². The largest absolute Gasteiger partial charge is 0.301 e. The van der Waals surface area contributed by atoms with Gasteiger partial charge in [0.1, 0.15) is 4.60 Å². The highest BCUT2D eigenvalue weighted by Gasteiger charge is 2.24. The Morgan fingerprint density at radius 2 is 2.00 bits per heavy atom. The Morgan fingerprint density at radius 1 is 1.33 bits per heavy atom. The van der Waals surface area contributed by atoms with Gasteiger partial charge >= 0.3 is 10.2 Å². The maximum atomic E-state index is 12.1. The molecule has 1 saturated heterocycles. The lowest BCUT2D eigenvalue weighted by Gasteiger charge is -2.26. The molecule has 0 atom stereocenters. The molecule has 1 aliphatic heterocycles. The van der Waals surface area contributed by atoms with Crippen LogP contribution in [0.4, 0.5) is 5.69 Å². The zero-order valence-electron chi connectivity index (χ0n) is 9.57. The Morgan fingerprint density at radius 3 is 2.67 bits per heavy atom. The lowest BCUT2D eigenvalue weighted by molar-refractivity contribution is 0.349. The van der Waals surface area contributed by atoms with Crippen molar-refractivity contribution in [1.82, 2.24) is 9.29 Å². The molecule has 0 unspecified atom stereocenters. The molecule has 0 bridgehead atoms. The summed E-state index contributed by atoms with van der Waals surface area (Å²) < 4.78 is 28.7. The van der Waals surface area contributed by atoms with Gasteiger partial charge in [-0.25, -0.2) is 4.98 Å². The van der Waals surface area contributed by atoms with Crippen molar-refractivity contribution in [3.05, 3.63) is 21.9 Å². The van der Waals surface area contributed by atoms with Gasteiger partial charge in [0.2, 0.25) is 0 Å². The molecule has 1 aliphatic rings. The monoisotopic (exact) mass is 353 g/mol. The van der Waals surface area contributed by atoms with Crippen molar-refractivity contribution in [2.45, 2.75) is 19.3 Å². The van der Waals surface area contributed by atoms with Crippen molar-refractivity contribution in [3.8, 4) is 0 Å². The smallest absolute Gasteiger partial charge is 0.268 e. The predicted octanol–water partition coefficient (Wildman–Crippen LogP) is 2.64. The fourth-order valence-corrected chi connectivity index (χ4v) is 3.71. The van der Waals surface area contributed by atoms with E-state index in [1.165, 1.54) is 16.6 Å². The van der Waals surface area contributed by atoms with Gasteiger partial charge in [-0.3, -0.25) is 4.72 Å². The predicted molar refractivity (Wildman–Crippen MR) is 74.9 cm³/mol. The summed E-state index contributed by atoms with van der Waals surface area (Å²) in [5.41, 5.74) is 0.355. The second-order valence-corrected chi connectivity index (χ2v) is 6.92. The van der Waals surface area contributed by atoms with Crippen LogP contribution >= 0.6 is 27.5 Å². The van der Waals surface area contributed by atoms with Gasteiger partial charge in [0.15, 0.2) is 0 Å². The van der Waals surface area contributed by atoms with Crippen molar-refractivity contribution in [3.63, 3.8) is 0 Å². The van der Waals surface area contributed by atoms with E-state index in [-0.39, 0.29) is 0 Å². The summed E-state index contributed by atoms with van der Waals surface area (Å²) in [4.78, 5) is 3.95. The minimum atomic E-state index is -3.52. The van der Waals surface area contributed by atoms with Gasteiger partial charge in [-0.2, -0.15) is 12.7 Å². The molecule has 0 spiro atoms. The van der Waals surface area contributed by atoms with Crippen LogP contribution < -0.4 is 4.72 Å². The molecule has 0 radical (unpaired) electrons. The molecule has 0 saturated carbocycles. The van der Waals surface area contributed by atoms with Gasteiger partial charge in [0.05, 0.1) is 10.7 Å². The maximum absolute atomic E-state index is 12.1. The van der Waals surface area contributed by atoms with Crippen molar-refractivity contribution >= 4 is 43.4 Å². The summed E-state index contributed by atoms with van der Waals surface area (Å²) in [5.74, 6) is 0. The zero-order valence-corrected chi connectivity index (χ0v) is 12.7. The van der Waals surface area contributed by atoms with Gasteiger partial charge in [-0.15, -0.1) is 0 Å². The van der Waals surface area contributed by atoms with Gasteiger partial charge in [0, 0.05) is 19.3 Å². The van der Waals surface area contributed by atoms with Crippen LogP contribution in [0.15, 0.2) is 16.9 Å². The number of anilines is 1. The highest BCUT2D eigenvalue weighted by Crippen LogP contribution is 2.25. The number of hydrogen-bond acceptors (Lipinski definition) is 3. The summed E-state index contributed by atoms with van der Waals surface area (Å²) in [6, 6.07) is 1.53. The summed E-state index contributed by atoms with van der Waals surface area (Å²) in [6.45, 7) is 1.11. The van der Waals surface area contributed by atoms with Crippen molar-refractivity contribution in [2.24, 2.45) is 0 Å². The number of rotatable bonds is 3. The van der Waals surface area contributed by atoms with Crippen LogP contribution in [0.3, 0.4) is 0 Å². The molecule has 5 nitrogen and oxygen atoms in total. The summed E-state index contributed by atoms with van der Waals surface area (Å²) >= 11 is 8.99. The first-order valence-electron chi connectivity index (χ1n) is 5.58. The third-order valence-electron chi connectivity index (χ3n) is 2.70. The summed E-state index contributed by atoms with van der Waals surface area (Å²) in [6.07, 6.45) is 4.32. The fraction of sp³-hybridized carbons (Fsp3) is 0.500. The Bertz CT molecular complexity index is 532. The van der Waals surface area contributed by atoms with E-state index in [4.69, 9.17) is 11.6 Å². The van der Waals surface area contributed by atoms with Crippen LogP contribution in [0.1, 0.15) is 19.3 Å². The summed E-state index contributed by atoms with van der Waals surface area (Å²) in [7, 11) is -3.52. The molecule has 0 amide bonds. The molecular weight excluding hydrogens is 342 g/mol. The minimum Gasteiger partial charge on any atom is -0.268 e. The molecule has 1 aromatic rings. The second-order valence-electron chi connectivity index (χ2n) is 4.06. The van der Waals surface area contributed by atoms with Crippen LogP contribution in [0.5, 0.6) is 0 Å². The number of halogens is 2. The molecule has 2 rings (SSSR count). The normalized spacial score (nSPS) is 17.7. The maximum Gasteiger partial charge on any atom is 0.301 e. The molecule has 0 aromatic carbocycles. The minimum absolute atomic E-state index is 0.355. The lowest BCUT2D eigenvalue weighted by atomic mass is 10.2. The number of nitrogens with zero attached hydrogens (tertiary/aromatic N) is 2. The highest BCUT2D eigenvalue weighted by atomic mass is 79.9. The highest BCUT2D eigenvalue weighted by molar-refractivity contribution is 9.10. The van der Waals surface area contributed by atoms with Gasteiger partial charge in [0.25, 0.3) is 0 Å². The first-order chi connectivity index (χ1) is 8.49. The molecule has 1 aromatic heterocycles. The third kappa shape index (κ3) is 3.34. The van der Waals surface area contributed by atoms with Crippen molar-refractivity contribution in [1.29, 1.82) is 0 Å². The summed E-state index contributed by atoms with van der Waals surface area (Å²) in [5, 5.41) is 0.384. The third-order valence-corrected chi connectivity index (χ3v) is 5.06. The van der Waals surface area contributed by atoms with Crippen molar-refractivity contribution < 1.29 is 8.42 Å². The molecule has 0 aliphatic carbocycles. The first-order valence-corrected chi connectivity index (χ1v) is 8.19. The van der Waals surface area contributed by atoms with Crippen LogP contribution in [-0.4, -0.2) is 30.8 Å². The lowest BCUT2D eigenvalue weighted by Crippen LogP contribution is -2.39. The number of aromatic nitrogens is 1. The molecule has 1 N–H and O–H groups in total. The van der Waals surface area contributed by atoms with Crippen LogP contribution in [0.2, 0.25) is 5.02 Å². The zero-order chi connectivity index (χ0) is 13.2. The van der Waals surface area contributed by atoms with Gasteiger partial charge in [-0.1, -0.05) is 18.0 Å². The Hall–Kier alpha value is -0.370. The van der Waals surface area contributed by atoms with E-state index >= 15 is 0 Å². The van der Waals surface area contributed by atoms with E-state index in [1.54, 1.807) is 0 Å². The topological polar surface area (TPSA) is 62.3 Å². The SMILES string of the molecule is O=S(=O)(Nc1cc(Cl)cnc1Br)N1CCCCC1. The van der Waals surface area contributed by atoms with Crippen LogP contribution in [0, 0.1) is 0 Å². The Kier molecular flexibility index (Phi) is 4.47. The fourth-order valence-electron chi connectivity index (χ4n) is 1.80. The number of hydrogen-bond donors (Lipinski definition) is 1. The van der Waals surface area contributed by atoms with E-state index in [9.17, 15) is 8.42 Å². The quantitative estimate of drug-likeness (QED) is 0.849. The van der Waals surface area contributed by atoms with Crippen LogP contribution in [0.25, 0.3) is 0 Å². The average Bonchev–Trinajstić information content (AvgIpc) is 2.35. The molecule has 100 valence electrons. The number of pyridine rings is 1. The van der Waals surface area contributed by atoms with E-state index in [0.29, 0.717) is 28.4 Å². The van der Waals surface area contributed by atoms with Gasteiger partial charge in [-0.05, 0) is 34.8 Å². The number of nitrogens with one attached hydrogen (secondary N) is 1. The Labute approximate surface area is 120 Å². The molecule has 1 fully saturated rings. The molecule has 18 heavy (non-hydrogen) atoms. The van der Waals surface area contributed by atoms with E-state index in [1.807, 2.05) is 0 Å². The first kappa shape index (κ1) is 14.0. The number of piperidine rings is 1.